The number of aryl methyl sites for hydroxylation is 2. The van der Waals surface area contributed by atoms with Crippen molar-refractivity contribution in [2.24, 2.45) is 0 Å². The van der Waals surface area contributed by atoms with Gasteiger partial charge in [-0.1, -0.05) is 18.2 Å². The molecule has 0 aliphatic carbocycles. The first kappa shape index (κ1) is 14.1. The average molecular weight is 268 g/mol. The lowest BCUT2D eigenvalue weighted by molar-refractivity contribution is 0.0988. The molecule has 0 fully saturated rings. The highest BCUT2D eigenvalue weighted by atomic mass is 16.2. The molecule has 20 heavy (non-hydrogen) atoms. The molecule has 0 saturated carbocycles. The van der Waals surface area contributed by atoms with Gasteiger partial charge in [0, 0.05) is 23.5 Å². The summed E-state index contributed by atoms with van der Waals surface area (Å²) in [6.07, 6.45) is 0. The molecule has 3 nitrogen and oxygen atoms in total. The van der Waals surface area contributed by atoms with Crippen LogP contribution in [0.15, 0.2) is 42.5 Å². The third-order valence-electron chi connectivity index (χ3n) is 3.31. The smallest absolute Gasteiger partial charge is 0.258 e. The van der Waals surface area contributed by atoms with E-state index in [0.29, 0.717) is 17.8 Å². The monoisotopic (exact) mass is 268 g/mol. The van der Waals surface area contributed by atoms with Crippen molar-refractivity contribution in [1.29, 1.82) is 0 Å². The summed E-state index contributed by atoms with van der Waals surface area (Å²) >= 11 is 0. The topological polar surface area (TPSA) is 46.3 Å². The molecule has 1 amide bonds. The average Bonchev–Trinajstić information content (AvgIpc) is 2.40. The van der Waals surface area contributed by atoms with Crippen LogP contribution in [0.5, 0.6) is 0 Å². The summed E-state index contributed by atoms with van der Waals surface area (Å²) < 4.78 is 0. The maximum absolute atomic E-state index is 12.7. The van der Waals surface area contributed by atoms with Crippen LogP contribution in [0.25, 0.3) is 0 Å². The molecule has 3 heteroatoms. The van der Waals surface area contributed by atoms with Crippen molar-refractivity contribution >= 4 is 17.3 Å². The number of nitrogen functional groups attached to an aromatic ring is 1. The van der Waals surface area contributed by atoms with E-state index in [1.807, 2.05) is 57.2 Å². The van der Waals surface area contributed by atoms with Gasteiger partial charge < -0.3 is 10.6 Å². The molecule has 0 bridgehead atoms. The fraction of sp³-hybridized carbons (Fsp3) is 0.235. The second kappa shape index (κ2) is 5.78. The number of nitrogens with two attached hydrogens (primary N) is 1. The van der Waals surface area contributed by atoms with E-state index in [-0.39, 0.29) is 5.91 Å². The minimum Gasteiger partial charge on any atom is -0.399 e. The van der Waals surface area contributed by atoms with Crippen LogP contribution in [0.1, 0.15) is 28.4 Å². The number of hydrogen-bond acceptors (Lipinski definition) is 2. The standard InChI is InChI=1S/C17H20N2O/c1-4-19(16-8-6-5-7-13(16)3)17(20)14-9-12(2)10-15(18)11-14/h5-11H,4,18H2,1-3H3. The molecule has 104 valence electrons. The second-order valence-electron chi connectivity index (χ2n) is 4.97. The number of amides is 1. The summed E-state index contributed by atoms with van der Waals surface area (Å²) in [6.45, 7) is 6.55. The van der Waals surface area contributed by atoms with Crippen LogP contribution in [-0.4, -0.2) is 12.5 Å². The molecule has 0 aliphatic heterocycles. The zero-order chi connectivity index (χ0) is 14.7. The number of carbonyl (C=O) groups excluding carboxylic acids is 1. The predicted octanol–water partition coefficient (Wildman–Crippen LogP) is 3.55. The van der Waals surface area contributed by atoms with E-state index in [4.69, 9.17) is 5.73 Å². The first-order chi connectivity index (χ1) is 9.52. The summed E-state index contributed by atoms with van der Waals surface area (Å²) in [6, 6.07) is 13.4. The molecule has 2 aromatic rings. The van der Waals surface area contributed by atoms with Crippen LogP contribution in [0.3, 0.4) is 0 Å². The fourth-order valence-corrected chi connectivity index (χ4v) is 2.38. The number of anilines is 2. The molecule has 0 heterocycles. The Labute approximate surface area is 120 Å². The van der Waals surface area contributed by atoms with Gasteiger partial charge in [0.15, 0.2) is 0 Å². The van der Waals surface area contributed by atoms with E-state index in [0.717, 1.165) is 16.8 Å². The fourth-order valence-electron chi connectivity index (χ4n) is 2.38. The minimum absolute atomic E-state index is 0.0165. The highest BCUT2D eigenvalue weighted by Crippen LogP contribution is 2.22. The van der Waals surface area contributed by atoms with Crippen LogP contribution in [0, 0.1) is 13.8 Å². The first-order valence-electron chi connectivity index (χ1n) is 6.77. The molecule has 2 N–H and O–H groups in total. The van der Waals surface area contributed by atoms with Gasteiger partial charge in [0.05, 0.1) is 0 Å². The molecule has 0 atom stereocenters. The van der Waals surface area contributed by atoms with Crippen molar-refractivity contribution in [1.82, 2.24) is 0 Å². The van der Waals surface area contributed by atoms with Crippen LogP contribution in [-0.2, 0) is 0 Å². The molecule has 0 saturated heterocycles. The Balaban J connectivity index is 2.42. The lowest BCUT2D eigenvalue weighted by atomic mass is 10.1. The number of nitrogens with zero attached hydrogens (tertiary/aromatic N) is 1. The highest BCUT2D eigenvalue weighted by Gasteiger charge is 2.17. The maximum atomic E-state index is 12.7. The van der Waals surface area contributed by atoms with E-state index in [9.17, 15) is 4.79 Å². The summed E-state index contributed by atoms with van der Waals surface area (Å²) in [5.74, 6) is -0.0165. The molecular weight excluding hydrogens is 248 g/mol. The Hall–Kier alpha value is -2.29. The molecule has 0 unspecified atom stereocenters. The quantitative estimate of drug-likeness (QED) is 0.865. The van der Waals surface area contributed by atoms with Gasteiger partial charge in [-0.2, -0.15) is 0 Å². The first-order valence-corrected chi connectivity index (χ1v) is 6.77. The molecule has 2 rings (SSSR count). The Morgan fingerprint density at radius 2 is 1.85 bits per heavy atom. The largest absolute Gasteiger partial charge is 0.399 e. The Kier molecular flexibility index (Phi) is 4.08. The number of para-hydroxylation sites is 1. The van der Waals surface area contributed by atoms with Crippen molar-refractivity contribution < 1.29 is 4.79 Å². The van der Waals surface area contributed by atoms with Gasteiger partial charge in [0.25, 0.3) is 5.91 Å². The van der Waals surface area contributed by atoms with Crippen molar-refractivity contribution in [3.63, 3.8) is 0 Å². The SMILES string of the molecule is CCN(C(=O)c1cc(C)cc(N)c1)c1ccccc1C. The van der Waals surface area contributed by atoms with E-state index >= 15 is 0 Å². The van der Waals surface area contributed by atoms with Gasteiger partial charge in [-0.25, -0.2) is 0 Å². The third kappa shape index (κ3) is 2.82. The molecule has 0 radical (unpaired) electrons. The van der Waals surface area contributed by atoms with Gasteiger partial charge >= 0.3 is 0 Å². The summed E-state index contributed by atoms with van der Waals surface area (Å²) in [5, 5.41) is 0. The van der Waals surface area contributed by atoms with Crippen LogP contribution in [0.2, 0.25) is 0 Å². The third-order valence-corrected chi connectivity index (χ3v) is 3.31. The zero-order valence-corrected chi connectivity index (χ0v) is 12.2. The van der Waals surface area contributed by atoms with Crippen LogP contribution >= 0.6 is 0 Å². The van der Waals surface area contributed by atoms with E-state index in [1.165, 1.54) is 0 Å². The lowest BCUT2D eigenvalue weighted by Crippen LogP contribution is -2.31. The van der Waals surface area contributed by atoms with E-state index in [1.54, 1.807) is 11.0 Å². The number of benzene rings is 2. The number of rotatable bonds is 3. The van der Waals surface area contributed by atoms with Crippen molar-refractivity contribution in [2.45, 2.75) is 20.8 Å². The van der Waals surface area contributed by atoms with Gasteiger partial charge in [-0.05, 0) is 56.2 Å². The number of hydrogen-bond donors (Lipinski definition) is 1. The van der Waals surface area contributed by atoms with Crippen molar-refractivity contribution in [3.8, 4) is 0 Å². The maximum Gasteiger partial charge on any atom is 0.258 e. The van der Waals surface area contributed by atoms with Crippen LogP contribution in [0.4, 0.5) is 11.4 Å². The molecule has 0 spiro atoms. The summed E-state index contributed by atoms with van der Waals surface area (Å²) in [5.41, 5.74) is 10.1. The summed E-state index contributed by atoms with van der Waals surface area (Å²) in [7, 11) is 0. The van der Waals surface area contributed by atoms with Crippen LogP contribution < -0.4 is 10.6 Å². The Bertz CT molecular complexity index is 614. The minimum atomic E-state index is -0.0165. The van der Waals surface area contributed by atoms with Gasteiger partial charge in [0.2, 0.25) is 0 Å². The van der Waals surface area contributed by atoms with E-state index in [2.05, 4.69) is 0 Å². The van der Waals surface area contributed by atoms with Gasteiger partial charge in [0.1, 0.15) is 0 Å². The Morgan fingerprint density at radius 1 is 1.15 bits per heavy atom. The van der Waals surface area contributed by atoms with Gasteiger partial charge in [-0.3, -0.25) is 4.79 Å². The highest BCUT2D eigenvalue weighted by molar-refractivity contribution is 6.07. The lowest BCUT2D eigenvalue weighted by Gasteiger charge is -2.23. The molecular formula is C17H20N2O. The summed E-state index contributed by atoms with van der Waals surface area (Å²) in [4.78, 5) is 14.5. The molecule has 0 aromatic heterocycles. The zero-order valence-electron chi connectivity index (χ0n) is 12.2. The molecule has 2 aromatic carbocycles. The van der Waals surface area contributed by atoms with Crippen molar-refractivity contribution in [2.75, 3.05) is 17.2 Å². The van der Waals surface area contributed by atoms with Gasteiger partial charge in [-0.15, -0.1) is 0 Å². The predicted molar refractivity (Wildman–Crippen MR) is 84.1 cm³/mol. The van der Waals surface area contributed by atoms with E-state index < -0.39 is 0 Å². The second-order valence-corrected chi connectivity index (χ2v) is 4.97. The van der Waals surface area contributed by atoms with Crippen molar-refractivity contribution in [3.05, 3.63) is 59.2 Å². The molecule has 0 aliphatic rings. The number of carbonyl (C=O) groups is 1. The Morgan fingerprint density at radius 3 is 2.45 bits per heavy atom. The normalized spacial score (nSPS) is 10.3.